The zero-order valence-electron chi connectivity index (χ0n) is 14.9. The highest BCUT2D eigenvalue weighted by atomic mass is 16.6. The third-order valence-electron chi connectivity index (χ3n) is 3.40. The fourth-order valence-electron chi connectivity index (χ4n) is 2.32. The van der Waals surface area contributed by atoms with Crippen molar-refractivity contribution in [2.45, 2.75) is 32.4 Å². The summed E-state index contributed by atoms with van der Waals surface area (Å²) in [6, 6.07) is 14.0. The Morgan fingerprint density at radius 3 is 2.36 bits per heavy atom. The Bertz CT molecular complexity index is 711. The summed E-state index contributed by atoms with van der Waals surface area (Å²) in [6.45, 7) is 5.36. The first-order chi connectivity index (χ1) is 11.8. The molecule has 2 aromatic rings. The van der Waals surface area contributed by atoms with Gasteiger partial charge in [-0.25, -0.2) is 10.2 Å². The van der Waals surface area contributed by atoms with Crippen molar-refractivity contribution in [2.24, 2.45) is 0 Å². The van der Waals surface area contributed by atoms with Gasteiger partial charge in [-0.05, 0) is 38.5 Å². The van der Waals surface area contributed by atoms with Crippen molar-refractivity contribution in [1.29, 1.82) is 0 Å². The van der Waals surface area contributed by atoms with Gasteiger partial charge in [0.15, 0.2) is 0 Å². The van der Waals surface area contributed by atoms with E-state index in [1.54, 1.807) is 32.9 Å². The summed E-state index contributed by atoms with van der Waals surface area (Å²) in [5, 5.41) is 10.3. The molecule has 0 fully saturated rings. The van der Waals surface area contributed by atoms with Gasteiger partial charge in [0.05, 0.1) is 13.2 Å². The summed E-state index contributed by atoms with van der Waals surface area (Å²) in [5.74, 6) is 0.611. The number of aromatic hydroxyl groups is 1. The second-order valence-electron chi connectivity index (χ2n) is 6.54. The lowest BCUT2D eigenvalue weighted by atomic mass is 9.98. The van der Waals surface area contributed by atoms with Crippen LogP contribution in [0.5, 0.6) is 11.5 Å². The van der Waals surface area contributed by atoms with Gasteiger partial charge in [-0.1, -0.05) is 30.3 Å². The molecular formula is C19H24N2O4. The van der Waals surface area contributed by atoms with Crippen LogP contribution in [-0.4, -0.2) is 23.9 Å². The van der Waals surface area contributed by atoms with Gasteiger partial charge in [0.2, 0.25) is 0 Å². The molecule has 0 aliphatic rings. The number of rotatable bonds is 5. The molecule has 0 bridgehead atoms. The monoisotopic (exact) mass is 344 g/mol. The molecule has 1 amide bonds. The van der Waals surface area contributed by atoms with Crippen LogP contribution in [0.4, 0.5) is 4.79 Å². The van der Waals surface area contributed by atoms with E-state index in [0.717, 1.165) is 5.56 Å². The Morgan fingerprint density at radius 1 is 1.12 bits per heavy atom. The number of ether oxygens (including phenoxy) is 2. The van der Waals surface area contributed by atoms with E-state index < -0.39 is 17.7 Å². The topological polar surface area (TPSA) is 79.8 Å². The number of hydrazine groups is 1. The molecular weight excluding hydrogens is 320 g/mol. The minimum atomic E-state index is -0.601. The van der Waals surface area contributed by atoms with Crippen LogP contribution < -0.4 is 15.6 Å². The van der Waals surface area contributed by atoms with Crippen molar-refractivity contribution >= 4 is 6.09 Å². The maximum Gasteiger partial charge on any atom is 0.422 e. The third kappa shape index (κ3) is 5.39. The maximum absolute atomic E-state index is 11.9. The van der Waals surface area contributed by atoms with Gasteiger partial charge in [-0.2, -0.15) is 0 Å². The van der Waals surface area contributed by atoms with Crippen molar-refractivity contribution in [3.05, 3.63) is 59.7 Å². The van der Waals surface area contributed by atoms with E-state index in [4.69, 9.17) is 9.47 Å². The molecule has 0 aliphatic heterocycles. The standard InChI is InChI=1S/C19H24N2O4/c1-19(2,3)25-18(23)21-20-17(13-8-6-5-7-9-13)15-11-10-14(24-4)12-16(15)22/h5-12,17,20,22H,1-4H3,(H,21,23). The number of hydrogen-bond donors (Lipinski definition) is 3. The number of nitrogens with one attached hydrogen (secondary N) is 2. The van der Waals surface area contributed by atoms with E-state index in [2.05, 4.69) is 10.9 Å². The largest absolute Gasteiger partial charge is 0.507 e. The van der Waals surface area contributed by atoms with Gasteiger partial charge < -0.3 is 14.6 Å². The zero-order valence-corrected chi connectivity index (χ0v) is 14.9. The van der Waals surface area contributed by atoms with Crippen molar-refractivity contribution in [3.63, 3.8) is 0 Å². The number of benzene rings is 2. The Labute approximate surface area is 147 Å². The number of phenolic OH excluding ortho intramolecular Hbond substituents is 1. The molecule has 0 aliphatic carbocycles. The quantitative estimate of drug-likeness (QED) is 0.723. The van der Waals surface area contributed by atoms with Crippen LogP contribution >= 0.6 is 0 Å². The molecule has 0 spiro atoms. The smallest absolute Gasteiger partial charge is 0.422 e. The molecule has 6 nitrogen and oxygen atoms in total. The van der Waals surface area contributed by atoms with Crippen molar-refractivity contribution in [1.82, 2.24) is 10.9 Å². The normalized spacial score (nSPS) is 12.3. The van der Waals surface area contributed by atoms with Gasteiger partial charge in [0.25, 0.3) is 0 Å². The molecule has 0 saturated carbocycles. The van der Waals surface area contributed by atoms with Crippen molar-refractivity contribution in [3.8, 4) is 11.5 Å². The Hall–Kier alpha value is -2.73. The number of methoxy groups -OCH3 is 1. The second-order valence-corrected chi connectivity index (χ2v) is 6.54. The average Bonchev–Trinajstić information content (AvgIpc) is 2.55. The number of phenols is 1. The van der Waals surface area contributed by atoms with Gasteiger partial charge in [-0.3, -0.25) is 5.43 Å². The SMILES string of the molecule is COc1ccc(C(NNC(=O)OC(C)(C)C)c2ccccc2)c(O)c1. The van der Waals surface area contributed by atoms with Crippen LogP contribution in [0, 0.1) is 0 Å². The molecule has 1 unspecified atom stereocenters. The van der Waals surface area contributed by atoms with E-state index in [9.17, 15) is 9.90 Å². The van der Waals surface area contributed by atoms with E-state index in [1.807, 2.05) is 30.3 Å². The van der Waals surface area contributed by atoms with Crippen LogP contribution in [0.1, 0.15) is 37.9 Å². The molecule has 134 valence electrons. The molecule has 2 aromatic carbocycles. The lowest BCUT2D eigenvalue weighted by molar-refractivity contribution is 0.0491. The van der Waals surface area contributed by atoms with E-state index in [-0.39, 0.29) is 5.75 Å². The molecule has 25 heavy (non-hydrogen) atoms. The summed E-state index contributed by atoms with van der Waals surface area (Å²) in [7, 11) is 1.53. The van der Waals surface area contributed by atoms with Crippen molar-refractivity contribution < 1.29 is 19.4 Å². The molecule has 0 aromatic heterocycles. The van der Waals surface area contributed by atoms with Crippen LogP contribution in [0.2, 0.25) is 0 Å². The van der Waals surface area contributed by atoms with Crippen molar-refractivity contribution in [2.75, 3.05) is 7.11 Å². The lowest BCUT2D eigenvalue weighted by Crippen LogP contribution is -2.43. The van der Waals surface area contributed by atoms with Crippen LogP contribution in [0.3, 0.4) is 0 Å². The first-order valence-electron chi connectivity index (χ1n) is 7.96. The Balaban J connectivity index is 2.24. The Morgan fingerprint density at radius 2 is 1.80 bits per heavy atom. The number of amides is 1. The summed E-state index contributed by atoms with van der Waals surface area (Å²) in [4.78, 5) is 11.9. The number of carbonyl (C=O) groups is 1. The second kappa shape index (κ2) is 7.90. The molecule has 0 heterocycles. The predicted octanol–water partition coefficient (Wildman–Crippen LogP) is 3.52. The van der Waals surface area contributed by atoms with Crippen LogP contribution in [0.15, 0.2) is 48.5 Å². The molecule has 3 N–H and O–H groups in total. The lowest BCUT2D eigenvalue weighted by Gasteiger charge is -2.24. The first-order valence-corrected chi connectivity index (χ1v) is 7.96. The zero-order chi connectivity index (χ0) is 18.4. The van der Waals surface area contributed by atoms with E-state index >= 15 is 0 Å². The molecule has 0 radical (unpaired) electrons. The molecule has 0 saturated heterocycles. The van der Waals surface area contributed by atoms with Gasteiger partial charge in [0.1, 0.15) is 17.1 Å². The summed E-state index contributed by atoms with van der Waals surface area (Å²) < 4.78 is 10.3. The number of carbonyl (C=O) groups excluding carboxylic acids is 1. The minimum Gasteiger partial charge on any atom is -0.507 e. The van der Waals surface area contributed by atoms with E-state index in [1.165, 1.54) is 13.2 Å². The van der Waals surface area contributed by atoms with E-state index in [0.29, 0.717) is 11.3 Å². The van der Waals surface area contributed by atoms with Crippen LogP contribution in [0.25, 0.3) is 0 Å². The highest BCUT2D eigenvalue weighted by Gasteiger charge is 2.21. The van der Waals surface area contributed by atoms with Gasteiger partial charge >= 0.3 is 6.09 Å². The Kier molecular flexibility index (Phi) is 5.88. The summed E-state index contributed by atoms with van der Waals surface area (Å²) >= 11 is 0. The van der Waals surface area contributed by atoms with Gasteiger partial charge in [-0.15, -0.1) is 0 Å². The summed E-state index contributed by atoms with van der Waals surface area (Å²) in [5.41, 5.74) is 6.34. The summed E-state index contributed by atoms with van der Waals surface area (Å²) in [6.07, 6.45) is -0.596. The molecule has 2 rings (SSSR count). The number of hydrogen-bond acceptors (Lipinski definition) is 5. The first kappa shape index (κ1) is 18.6. The highest BCUT2D eigenvalue weighted by Crippen LogP contribution is 2.31. The fraction of sp³-hybridized carbons (Fsp3) is 0.316. The van der Waals surface area contributed by atoms with Gasteiger partial charge in [0, 0.05) is 11.6 Å². The average molecular weight is 344 g/mol. The third-order valence-corrected chi connectivity index (χ3v) is 3.40. The van der Waals surface area contributed by atoms with Crippen LogP contribution in [-0.2, 0) is 4.74 Å². The minimum absolute atomic E-state index is 0.0618. The fourth-order valence-corrected chi connectivity index (χ4v) is 2.32. The molecule has 1 atom stereocenters. The molecule has 6 heteroatoms. The predicted molar refractivity (Wildman–Crippen MR) is 95.4 cm³/mol. The highest BCUT2D eigenvalue weighted by molar-refractivity contribution is 5.67. The maximum atomic E-state index is 11.9.